The second-order valence-corrected chi connectivity index (χ2v) is 5.71. The number of benzene rings is 1. The van der Waals surface area contributed by atoms with Crippen LogP contribution in [0.5, 0.6) is 0 Å². The molecule has 0 spiro atoms. The minimum Gasteiger partial charge on any atom is -0.394 e. The molecule has 1 aliphatic heterocycles. The van der Waals surface area contributed by atoms with Crippen LogP contribution in [0.2, 0.25) is 0 Å². The van der Waals surface area contributed by atoms with E-state index in [-0.39, 0.29) is 24.6 Å². The van der Waals surface area contributed by atoms with Crippen molar-refractivity contribution in [2.45, 2.75) is 38.3 Å². The lowest BCUT2D eigenvalue weighted by atomic mass is 9.93. The average molecular weight is 276 g/mol. The van der Waals surface area contributed by atoms with Crippen molar-refractivity contribution < 1.29 is 9.90 Å². The average Bonchev–Trinajstić information content (AvgIpc) is 2.47. The van der Waals surface area contributed by atoms with E-state index in [4.69, 9.17) is 0 Å². The van der Waals surface area contributed by atoms with E-state index < -0.39 is 0 Å². The summed E-state index contributed by atoms with van der Waals surface area (Å²) < 4.78 is 0. The number of nitrogens with one attached hydrogen (secondary N) is 2. The molecule has 2 rings (SSSR count). The molecule has 20 heavy (non-hydrogen) atoms. The van der Waals surface area contributed by atoms with Gasteiger partial charge in [0.1, 0.15) is 0 Å². The quantitative estimate of drug-likeness (QED) is 0.754. The molecule has 4 heteroatoms. The van der Waals surface area contributed by atoms with Crippen LogP contribution in [0.15, 0.2) is 30.3 Å². The number of carbonyl (C=O) groups is 1. The molecule has 0 saturated carbocycles. The van der Waals surface area contributed by atoms with Crippen molar-refractivity contribution in [3.63, 3.8) is 0 Å². The number of carbonyl (C=O) groups excluding carboxylic acids is 1. The number of amides is 1. The Morgan fingerprint density at radius 2 is 2.20 bits per heavy atom. The molecule has 1 amide bonds. The second-order valence-electron chi connectivity index (χ2n) is 5.71. The monoisotopic (exact) mass is 276 g/mol. The van der Waals surface area contributed by atoms with Crippen LogP contribution in [0.25, 0.3) is 0 Å². The molecule has 1 aromatic rings. The Morgan fingerprint density at radius 3 is 2.85 bits per heavy atom. The maximum atomic E-state index is 12.2. The summed E-state index contributed by atoms with van der Waals surface area (Å²) in [6.07, 6.45) is 2.65. The van der Waals surface area contributed by atoms with Gasteiger partial charge in [0.2, 0.25) is 5.91 Å². The Kier molecular flexibility index (Phi) is 5.56. The van der Waals surface area contributed by atoms with Crippen LogP contribution in [-0.4, -0.2) is 36.2 Å². The van der Waals surface area contributed by atoms with Crippen LogP contribution in [0.4, 0.5) is 0 Å². The molecule has 0 aliphatic carbocycles. The van der Waals surface area contributed by atoms with Crippen LogP contribution in [0.1, 0.15) is 25.3 Å². The molecular weight excluding hydrogens is 252 g/mol. The Morgan fingerprint density at radius 1 is 1.45 bits per heavy atom. The van der Waals surface area contributed by atoms with Crippen molar-refractivity contribution in [1.82, 2.24) is 10.6 Å². The van der Waals surface area contributed by atoms with E-state index in [1.807, 2.05) is 30.3 Å². The maximum absolute atomic E-state index is 12.2. The SMILES string of the molecule is CC1CCNC(C(=O)N[C@@H](CO)Cc2ccccc2)C1. The molecule has 2 unspecified atom stereocenters. The molecule has 1 aromatic carbocycles. The maximum Gasteiger partial charge on any atom is 0.237 e. The zero-order valence-electron chi connectivity index (χ0n) is 12.0. The third-order valence-electron chi connectivity index (χ3n) is 3.87. The predicted molar refractivity (Wildman–Crippen MR) is 79.4 cm³/mol. The molecule has 3 atom stereocenters. The van der Waals surface area contributed by atoms with Gasteiger partial charge >= 0.3 is 0 Å². The third-order valence-corrected chi connectivity index (χ3v) is 3.87. The van der Waals surface area contributed by atoms with E-state index in [9.17, 15) is 9.90 Å². The minimum absolute atomic E-state index is 0.00605. The largest absolute Gasteiger partial charge is 0.394 e. The molecule has 0 aromatic heterocycles. The van der Waals surface area contributed by atoms with Crippen molar-refractivity contribution >= 4 is 5.91 Å². The van der Waals surface area contributed by atoms with E-state index in [2.05, 4.69) is 17.6 Å². The molecule has 1 fully saturated rings. The Bertz CT molecular complexity index is 422. The van der Waals surface area contributed by atoms with Gasteiger partial charge in [0.15, 0.2) is 0 Å². The van der Waals surface area contributed by atoms with Gasteiger partial charge < -0.3 is 15.7 Å². The summed E-state index contributed by atoms with van der Waals surface area (Å²) in [7, 11) is 0. The first kappa shape index (κ1) is 15.0. The first-order chi connectivity index (χ1) is 9.69. The summed E-state index contributed by atoms with van der Waals surface area (Å²) in [5.41, 5.74) is 1.12. The van der Waals surface area contributed by atoms with Gasteiger partial charge in [0, 0.05) is 0 Å². The first-order valence-corrected chi connectivity index (χ1v) is 7.37. The standard InChI is InChI=1S/C16H24N2O2/c1-12-7-8-17-15(9-12)16(20)18-14(11-19)10-13-5-3-2-4-6-13/h2-6,12,14-15,17,19H,7-11H2,1H3,(H,18,20)/t12?,14-,15?/m1/s1. The van der Waals surface area contributed by atoms with Crippen molar-refractivity contribution in [3.05, 3.63) is 35.9 Å². The van der Waals surface area contributed by atoms with E-state index in [0.717, 1.165) is 24.9 Å². The van der Waals surface area contributed by atoms with Crippen molar-refractivity contribution in [1.29, 1.82) is 0 Å². The summed E-state index contributed by atoms with van der Waals surface area (Å²) in [5, 5.41) is 15.7. The molecule has 1 saturated heterocycles. The number of aliphatic hydroxyl groups is 1. The van der Waals surface area contributed by atoms with E-state index in [1.54, 1.807) is 0 Å². The van der Waals surface area contributed by atoms with Gasteiger partial charge in [-0.3, -0.25) is 4.79 Å². The Balaban J connectivity index is 1.87. The lowest BCUT2D eigenvalue weighted by molar-refractivity contribution is -0.125. The summed E-state index contributed by atoms with van der Waals surface area (Å²) >= 11 is 0. The van der Waals surface area contributed by atoms with E-state index in [0.29, 0.717) is 12.3 Å². The highest BCUT2D eigenvalue weighted by Gasteiger charge is 2.25. The van der Waals surface area contributed by atoms with Crippen LogP contribution >= 0.6 is 0 Å². The smallest absolute Gasteiger partial charge is 0.237 e. The molecule has 4 nitrogen and oxygen atoms in total. The fraction of sp³-hybridized carbons (Fsp3) is 0.562. The van der Waals surface area contributed by atoms with Crippen LogP contribution < -0.4 is 10.6 Å². The number of hydrogen-bond acceptors (Lipinski definition) is 3. The van der Waals surface area contributed by atoms with Crippen LogP contribution in [-0.2, 0) is 11.2 Å². The van der Waals surface area contributed by atoms with Crippen molar-refractivity contribution in [2.75, 3.05) is 13.2 Å². The van der Waals surface area contributed by atoms with Gasteiger partial charge in [-0.15, -0.1) is 0 Å². The fourth-order valence-electron chi connectivity index (χ4n) is 2.67. The molecule has 1 heterocycles. The van der Waals surface area contributed by atoms with Gasteiger partial charge in [0.05, 0.1) is 18.7 Å². The van der Waals surface area contributed by atoms with E-state index >= 15 is 0 Å². The Hall–Kier alpha value is -1.39. The van der Waals surface area contributed by atoms with Crippen LogP contribution in [0, 0.1) is 5.92 Å². The number of aliphatic hydroxyl groups excluding tert-OH is 1. The lowest BCUT2D eigenvalue weighted by Gasteiger charge is -2.28. The summed E-state index contributed by atoms with van der Waals surface area (Å²) in [5.74, 6) is 0.584. The van der Waals surface area contributed by atoms with Gasteiger partial charge in [0.25, 0.3) is 0 Å². The van der Waals surface area contributed by atoms with Gasteiger partial charge in [-0.2, -0.15) is 0 Å². The first-order valence-electron chi connectivity index (χ1n) is 7.37. The third kappa shape index (κ3) is 4.32. The highest BCUT2D eigenvalue weighted by Crippen LogP contribution is 2.15. The molecule has 3 N–H and O–H groups in total. The molecule has 0 radical (unpaired) electrons. The number of piperidine rings is 1. The van der Waals surface area contributed by atoms with Gasteiger partial charge in [-0.1, -0.05) is 37.3 Å². The zero-order valence-corrected chi connectivity index (χ0v) is 12.0. The molecule has 0 bridgehead atoms. The highest BCUT2D eigenvalue weighted by atomic mass is 16.3. The summed E-state index contributed by atoms with van der Waals surface area (Å²) in [6.45, 7) is 3.03. The van der Waals surface area contributed by atoms with Crippen LogP contribution in [0.3, 0.4) is 0 Å². The van der Waals surface area contributed by atoms with Crippen molar-refractivity contribution in [3.8, 4) is 0 Å². The zero-order chi connectivity index (χ0) is 14.4. The normalized spacial score (nSPS) is 24.1. The molecule has 110 valence electrons. The second kappa shape index (κ2) is 7.41. The van der Waals surface area contributed by atoms with E-state index in [1.165, 1.54) is 0 Å². The summed E-state index contributed by atoms with van der Waals surface area (Å²) in [6, 6.07) is 9.58. The highest BCUT2D eigenvalue weighted by molar-refractivity contribution is 5.82. The molecule has 1 aliphatic rings. The topological polar surface area (TPSA) is 61.4 Å². The number of rotatable bonds is 5. The van der Waals surface area contributed by atoms with Gasteiger partial charge in [-0.25, -0.2) is 0 Å². The van der Waals surface area contributed by atoms with Gasteiger partial charge in [-0.05, 0) is 37.3 Å². The Labute approximate surface area is 120 Å². The number of hydrogen-bond donors (Lipinski definition) is 3. The minimum atomic E-state index is -0.219. The fourth-order valence-corrected chi connectivity index (χ4v) is 2.67. The summed E-state index contributed by atoms with van der Waals surface area (Å²) in [4.78, 5) is 12.2. The lowest BCUT2D eigenvalue weighted by Crippen LogP contribution is -2.52. The predicted octanol–water partition coefficient (Wildman–Crippen LogP) is 1.09. The van der Waals surface area contributed by atoms with Crippen molar-refractivity contribution in [2.24, 2.45) is 5.92 Å². The molecular formula is C16H24N2O2.